The number of rotatable bonds is 12. The highest BCUT2D eigenvalue weighted by Crippen LogP contribution is 2.24. The van der Waals surface area contributed by atoms with E-state index in [0.29, 0.717) is 36.0 Å². The molecule has 4 N–H and O–H groups in total. The van der Waals surface area contributed by atoms with E-state index in [1.807, 2.05) is 48.5 Å². The third-order valence-corrected chi connectivity index (χ3v) is 9.23. The van der Waals surface area contributed by atoms with Crippen molar-refractivity contribution >= 4 is 23.2 Å². The molecule has 0 unspecified atom stereocenters. The van der Waals surface area contributed by atoms with E-state index in [1.54, 1.807) is 48.8 Å². The van der Waals surface area contributed by atoms with Crippen LogP contribution in [0.15, 0.2) is 122 Å². The highest BCUT2D eigenvalue weighted by molar-refractivity contribution is 6.03. The summed E-state index contributed by atoms with van der Waals surface area (Å²) in [6.45, 7) is -1.18. The third-order valence-electron chi connectivity index (χ3n) is 9.23. The standard InChI is InChI=1S/2C21H20F2N4O3/c2*22-21(23)30-17-7-5-16(6-8-17)27-11-9-18(26-27)20(28)25-15-3-1-14(2-4-15)19-13-24-10-12-29-19/h2*1-9,11,19,21,24H,10,12-13H2,(H,25,28)/t2*19-/m10/s1. The molecule has 2 atom stereocenters. The number of aromatic nitrogens is 4. The second-order valence-corrected chi connectivity index (χ2v) is 13.3. The Morgan fingerprint density at radius 2 is 0.967 bits per heavy atom. The van der Waals surface area contributed by atoms with Gasteiger partial charge in [-0.05, 0) is 96.1 Å². The molecule has 0 radical (unpaired) electrons. The molecular weight excluding hydrogens is 789 g/mol. The van der Waals surface area contributed by atoms with E-state index in [2.05, 4.69) is 40.9 Å². The summed E-state index contributed by atoms with van der Waals surface area (Å²) < 4.78 is 72.0. The van der Waals surface area contributed by atoms with Crippen molar-refractivity contribution in [1.29, 1.82) is 0 Å². The topological polar surface area (TPSA) is 155 Å². The van der Waals surface area contributed by atoms with Gasteiger partial charge in [0.05, 0.1) is 36.8 Å². The van der Waals surface area contributed by atoms with E-state index in [4.69, 9.17) is 9.47 Å². The van der Waals surface area contributed by atoms with E-state index in [9.17, 15) is 27.2 Å². The van der Waals surface area contributed by atoms with Crippen molar-refractivity contribution in [3.8, 4) is 22.9 Å². The van der Waals surface area contributed by atoms with Gasteiger partial charge in [0, 0.05) is 49.9 Å². The number of carbonyl (C=O) groups excluding carboxylic acids is 2. The minimum Gasteiger partial charge on any atom is -0.435 e. The van der Waals surface area contributed by atoms with E-state index < -0.39 is 13.2 Å². The predicted octanol–water partition coefficient (Wildman–Crippen LogP) is 6.77. The SMILES string of the molecule is O=C(Nc1ccc([C@@H]2CNCCO2)cc1)c1ccn(-c2ccc(OC(F)F)cc2)n1.O=C(Nc1ccc([C@H]2CNCCO2)cc1)c1ccn(-c2ccc(OC(F)F)cc2)n1. The Hall–Kier alpha value is -6.60. The second kappa shape index (κ2) is 19.9. The molecule has 2 fully saturated rings. The van der Waals surface area contributed by atoms with E-state index in [0.717, 1.165) is 37.3 Å². The number of halogens is 4. The molecule has 2 saturated heterocycles. The third kappa shape index (κ3) is 11.3. The zero-order chi connectivity index (χ0) is 41.8. The van der Waals surface area contributed by atoms with Gasteiger partial charge >= 0.3 is 13.2 Å². The predicted molar refractivity (Wildman–Crippen MR) is 212 cm³/mol. The van der Waals surface area contributed by atoms with Crippen molar-refractivity contribution < 1.29 is 46.1 Å². The van der Waals surface area contributed by atoms with E-state index in [-0.39, 0.29) is 46.9 Å². The van der Waals surface area contributed by atoms with Gasteiger partial charge in [-0.2, -0.15) is 27.8 Å². The first-order chi connectivity index (χ1) is 29.2. The van der Waals surface area contributed by atoms with Gasteiger partial charge in [0.1, 0.15) is 11.5 Å². The molecule has 2 amide bonds. The molecule has 0 spiro atoms. The number of carbonyl (C=O) groups is 2. The van der Waals surface area contributed by atoms with Crippen LogP contribution < -0.4 is 30.7 Å². The summed E-state index contributed by atoms with van der Waals surface area (Å²) in [4.78, 5) is 25.0. The zero-order valence-electron chi connectivity index (χ0n) is 31.8. The summed E-state index contributed by atoms with van der Waals surface area (Å²) in [5.41, 5.74) is 5.07. The number of anilines is 2. The lowest BCUT2D eigenvalue weighted by Gasteiger charge is -2.24. The first-order valence-electron chi connectivity index (χ1n) is 18.9. The van der Waals surface area contributed by atoms with E-state index in [1.165, 1.54) is 33.6 Å². The molecule has 312 valence electrons. The van der Waals surface area contributed by atoms with E-state index >= 15 is 0 Å². The number of alkyl halides is 4. The van der Waals surface area contributed by atoms with Crippen LogP contribution in [0.4, 0.5) is 28.9 Å². The average molecular weight is 829 g/mol. The molecule has 4 heterocycles. The number of hydrogen-bond donors (Lipinski definition) is 4. The first kappa shape index (κ1) is 41.6. The molecule has 60 heavy (non-hydrogen) atoms. The molecule has 8 rings (SSSR count). The van der Waals surface area contributed by atoms with Gasteiger partial charge in [0.2, 0.25) is 0 Å². The number of hydrogen-bond acceptors (Lipinski definition) is 10. The monoisotopic (exact) mass is 828 g/mol. The molecule has 0 bridgehead atoms. The molecule has 0 saturated carbocycles. The van der Waals surface area contributed by atoms with Gasteiger partial charge in [0.15, 0.2) is 11.4 Å². The Morgan fingerprint density at radius 1 is 0.583 bits per heavy atom. The molecule has 4 aromatic carbocycles. The fourth-order valence-electron chi connectivity index (χ4n) is 6.25. The zero-order valence-corrected chi connectivity index (χ0v) is 31.8. The Balaban J connectivity index is 0.000000181. The van der Waals surface area contributed by atoms with Crippen LogP contribution in [-0.4, -0.2) is 84.0 Å². The quantitative estimate of drug-likeness (QED) is 0.0972. The maximum absolute atomic E-state index is 12.5. The molecule has 0 aliphatic carbocycles. The Labute approximate surface area is 341 Å². The van der Waals surface area contributed by atoms with Crippen LogP contribution in [0.5, 0.6) is 11.5 Å². The van der Waals surface area contributed by atoms with Crippen LogP contribution >= 0.6 is 0 Å². The lowest BCUT2D eigenvalue weighted by atomic mass is 10.1. The van der Waals surface area contributed by atoms with Gasteiger partial charge in [0.25, 0.3) is 11.8 Å². The van der Waals surface area contributed by atoms with Crippen molar-refractivity contribution in [2.45, 2.75) is 25.4 Å². The summed E-state index contributed by atoms with van der Waals surface area (Å²) in [5, 5.41) is 20.7. The summed E-state index contributed by atoms with van der Waals surface area (Å²) in [6.07, 6.45) is 3.26. The summed E-state index contributed by atoms with van der Waals surface area (Å²) in [6, 6.07) is 30.1. The maximum atomic E-state index is 12.5. The van der Waals surface area contributed by atoms with Gasteiger partial charge in [-0.25, -0.2) is 9.36 Å². The van der Waals surface area contributed by atoms with Crippen LogP contribution in [0.2, 0.25) is 0 Å². The summed E-state index contributed by atoms with van der Waals surface area (Å²) >= 11 is 0. The largest absolute Gasteiger partial charge is 0.435 e. The lowest BCUT2D eigenvalue weighted by molar-refractivity contribution is -0.0505. The second-order valence-electron chi connectivity index (χ2n) is 13.3. The molecule has 2 aliphatic heterocycles. The molecule has 6 aromatic rings. The van der Waals surface area contributed by atoms with Crippen molar-refractivity contribution in [3.63, 3.8) is 0 Å². The van der Waals surface area contributed by atoms with Crippen molar-refractivity contribution in [3.05, 3.63) is 144 Å². The minimum absolute atomic E-state index is 0.0108. The normalized spacial score (nSPS) is 16.4. The van der Waals surface area contributed by atoms with Crippen LogP contribution in [0, 0.1) is 0 Å². The number of nitrogens with one attached hydrogen (secondary N) is 4. The molecule has 2 aromatic heterocycles. The van der Waals surface area contributed by atoms with Crippen LogP contribution in [0.25, 0.3) is 11.4 Å². The maximum Gasteiger partial charge on any atom is 0.387 e. The smallest absolute Gasteiger partial charge is 0.387 e. The molecule has 14 nitrogen and oxygen atoms in total. The number of benzene rings is 4. The molecule has 18 heteroatoms. The van der Waals surface area contributed by atoms with Crippen molar-refractivity contribution in [2.75, 3.05) is 50.0 Å². The van der Waals surface area contributed by atoms with Crippen LogP contribution in [-0.2, 0) is 9.47 Å². The number of nitrogens with zero attached hydrogens (tertiary/aromatic N) is 4. The first-order valence-corrected chi connectivity index (χ1v) is 18.9. The Bertz CT molecular complexity index is 2130. The van der Waals surface area contributed by atoms with Gasteiger partial charge < -0.3 is 40.2 Å². The average Bonchev–Trinajstić information content (AvgIpc) is 3.98. The number of ether oxygens (including phenoxy) is 4. The van der Waals surface area contributed by atoms with Crippen molar-refractivity contribution in [1.82, 2.24) is 30.2 Å². The Morgan fingerprint density at radius 3 is 1.30 bits per heavy atom. The van der Waals surface area contributed by atoms with Crippen molar-refractivity contribution in [2.24, 2.45) is 0 Å². The summed E-state index contributed by atoms with van der Waals surface area (Å²) in [7, 11) is 0. The fourth-order valence-corrected chi connectivity index (χ4v) is 6.25. The van der Waals surface area contributed by atoms with Gasteiger partial charge in [-0.15, -0.1) is 0 Å². The fraction of sp³-hybridized carbons (Fsp3) is 0.238. The lowest BCUT2D eigenvalue weighted by Crippen LogP contribution is -2.33. The minimum atomic E-state index is -2.88. The number of amides is 2. The molecular formula is C42H40F4N8O6. The number of morpholine rings is 2. The molecule has 2 aliphatic rings. The van der Waals surface area contributed by atoms with Gasteiger partial charge in [-0.1, -0.05) is 24.3 Å². The van der Waals surface area contributed by atoms with Gasteiger partial charge in [-0.3, -0.25) is 9.59 Å². The van der Waals surface area contributed by atoms with Crippen LogP contribution in [0.1, 0.15) is 44.3 Å². The summed E-state index contributed by atoms with van der Waals surface area (Å²) in [5.74, 6) is -0.599. The highest BCUT2D eigenvalue weighted by atomic mass is 19.3. The Kier molecular flexibility index (Phi) is 13.8. The highest BCUT2D eigenvalue weighted by Gasteiger charge is 2.18. The van der Waals surface area contributed by atoms with Crippen LogP contribution in [0.3, 0.4) is 0 Å².